The first kappa shape index (κ1) is 40.3. The van der Waals surface area contributed by atoms with Crippen LogP contribution in [0.2, 0.25) is 0 Å². The van der Waals surface area contributed by atoms with Crippen LogP contribution in [-0.4, -0.2) is 88.5 Å². The number of nitrogens with one attached hydrogen (secondary N) is 2. The van der Waals surface area contributed by atoms with Crippen molar-refractivity contribution in [1.82, 2.24) is 15.5 Å². The number of nitrogens with zero attached hydrogens (tertiary/aromatic N) is 1. The third-order valence-electron chi connectivity index (χ3n) is 6.33. The van der Waals surface area contributed by atoms with Gasteiger partial charge in [-0.05, 0) is 48.0 Å². The van der Waals surface area contributed by atoms with Gasteiger partial charge < -0.3 is 19.0 Å². The number of halogens is 3. The predicted octanol–water partition coefficient (Wildman–Crippen LogP) is 2.25. The Kier molecular flexibility index (Phi) is 19.5. The summed E-state index contributed by atoms with van der Waals surface area (Å²) in [6, 6.07) is 25.4. The number of methoxy groups -OCH3 is 2. The largest absolute Gasteiger partial charge is 0.497 e. The molecule has 12 nitrogen and oxygen atoms in total. The van der Waals surface area contributed by atoms with Gasteiger partial charge in [-0.15, -0.1) is 0 Å². The molecule has 0 saturated carbocycles. The van der Waals surface area contributed by atoms with E-state index in [1.165, 1.54) is 7.05 Å². The standard InChI is InChI=1S/C25H27NO4.C7H11I3N2O5P/c1-26(17-18-27)19-30-25(20-7-5-4-6-8-20,21-9-13-23(28-2)14-10-21)22-11-15-24(29-3)16-12-22;1-11-5(13)2-16-3-6(14)17-4-12-7(15)10-18(8)9/h4-16,18H,17,19H2,1-3H3;2-4H2,1H3,(H,11,13)(H,12,15)/q;-1/i18D;. The average Bonchev–Trinajstić information content (AvgIpc) is 3.09. The molecule has 0 aliphatic carbocycles. The molecule has 2 N–H and O–H groups in total. The minimum absolute atomic E-state index is 0.0178. The number of likely N-dealkylation sites (N-methyl/N-ethyl adjacent to an activating group) is 2. The molecule has 16 heteroatoms. The monoisotopic (exact) mass is 1020 g/mol. The SMILES string of the molecule is CNC(=O)COCC(=O)OCNC(=O)[I-]P(I)I.[2H]C(=O)CN(C)COC(c1ccccc1)(c1ccc(OC)cc1)c1ccc(OC)cc1. The molecule has 48 heavy (non-hydrogen) atoms. The molecular weight excluding hydrogens is 982 g/mol. The second kappa shape index (κ2) is 23.3. The Morgan fingerprint density at radius 3 is 1.94 bits per heavy atom. The zero-order valence-electron chi connectivity index (χ0n) is 27.7. The van der Waals surface area contributed by atoms with Crippen molar-refractivity contribution in [3.05, 3.63) is 95.6 Å². The van der Waals surface area contributed by atoms with Crippen molar-refractivity contribution in [3.8, 4) is 11.5 Å². The van der Waals surface area contributed by atoms with Gasteiger partial charge in [0.2, 0.25) is 0 Å². The summed E-state index contributed by atoms with van der Waals surface area (Å²) in [6.45, 7) is -0.536. The molecule has 0 unspecified atom stereocenters. The number of benzene rings is 3. The fourth-order valence-corrected chi connectivity index (χ4v) is 12.5. The van der Waals surface area contributed by atoms with Crippen LogP contribution in [-0.2, 0) is 34.2 Å². The van der Waals surface area contributed by atoms with Gasteiger partial charge in [0.1, 0.15) is 31.5 Å². The van der Waals surface area contributed by atoms with E-state index in [4.69, 9.17) is 25.1 Å². The van der Waals surface area contributed by atoms with Crippen molar-refractivity contribution in [2.24, 2.45) is 0 Å². The molecule has 3 aromatic rings. The van der Waals surface area contributed by atoms with Gasteiger partial charge in [0.05, 0.1) is 20.8 Å². The van der Waals surface area contributed by atoms with E-state index in [1.54, 1.807) is 26.2 Å². The van der Waals surface area contributed by atoms with E-state index in [2.05, 4.69) is 54.7 Å². The molecule has 0 aliphatic heterocycles. The Morgan fingerprint density at radius 2 is 1.46 bits per heavy atom. The molecule has 262 valence electrons. The minimum atomic E-state index is -0.945. The van der Waals surface area contributed by atoms with E-state index >= 15 is 0 Å². The number of carbonyl (C=O) groups excluding carboxylic acids is 4. The van der Waals surface area contributed by atoms with Crippen LogP contribution in [0.15, 0.2) is 78.9 Å². The maximum Gasteiger partial charge on any atom is 0.145 e. The van der Waals surface area contributed by atoms with Crippen LogP contribution in [0.25, 0.3) is 0 Å². The molecule has 0 bridgehead atoms. The summed E-state index contributed by atoms with van der Waals surface area (Å²) in [7, 11) is 6.49. The van der Waals surface area contributed by atoms with E-state index in [0.717, 1.165) is 28.2 Å². The fraction of sp³-hybridized carbons (Fsp3) is 0.312. The van der Waals surface area contributed by atoms with Crippen molar-refractivity contribution >= 4 is 67.0 Å². The number of hydrogen-bond donors (Lipinski definition) is 2. The number of carbonyl (C=O) groups is 4. The number of amides is 2. The third-order valence-corrected chi connectivity index (χ3v) is 16.7. The summed E-state index contributed by atoms with van der Waals surface area (Å²) >= 11 is 3.91. The first-order chi connectivity index (χ1) is 23.4. The summed E-state index contributed by atoms with van der Waals surface area (Å²) in [5, 5.41) is 4.84. The van der Waals surface area contributed by atoms with E-state index < -0.39 is 38.5 Å². The first-order valence-corrected chi connectivity index (χ1v) is 24.9. The number of ether oxygens (including phenoxy) is 5. The molecule has 0 saturated heterocycles. The second-order valence-electron chi connectivity index (χ2n) is 9.49. The smallest absolute Gasteiger partial charge is 0.145 e. The van der Waals surface area contributed by atoms with Gasteiger partial charge in [-0.25, -0.2) is 0 Å². The van der Waals surface area contributed by atoms with Gasteiger partial charge in [-0.1, -0.05) is 54.6 Å². The van der Waals surface area contributed by atoms with Crippen LogP contribution in [0, 0.1) is 0 Å². The average molecular weight is 1020 g/mol. The maximum atomic E-state index is 11.3. The Morgan fingerprint density at radius 1 is 0.917 bits per heavy atom. The Balaban J connectivity index is 0.000000397. The zero-order chi connectivity index (χ0) is 36.2. The van der Waals surface area contributed by atoms with E-state index in [0.29, 0.717) is 0 Å². The van der Waals surface area contributed by atoms with Gasteiger partial charge in [-0.3, -0.25) is 4.90 Å². The quantitative estimate of drug-likeness (QED) is 0.0285. The molecule has 3 rings (SSSR count). The fourth-order valence-electron chi connectivity index (χ4n) is 4.04. The van der Waals surface area contributed by atoms with Crippen molar-refractivity contribution in [1.29, 1.82) is 0 Å². The van der Waals surface area contributed by atoms with Gasteiger partial charge in [-0.2, -0.15) is 0 Å². The molecule has 0 atom stereocenters. The Hall–Kier alpha value is -2.16. The van der Waals surface area contributed by atoms with Gasteiger partial charge in [0.25, 0.3) is 0 Å². The molecule has 0 aliphatic rings. The van der Waals surface area contributed by atoms with Crippen LogP contribution in [0.5, 0.6) is 11.5 Å². The van der Waals surface area contributed by atoms with E-state index in [-0.39, 0.29) is 43.9 Å². The van der Waals surface area contributed by atoms with Crippen molar-refractivity contribution < 1.29 is 64.9 Å². The zero-order valence-corrected chi connectivity index (χ0v) is 34.1. The molecule has 2 amide bonds. The molecule has 0 aromatic heterocycles. The normalized spacial score (nSPS) is 11.2. The third kappa shape index (κ3) is 14.4. The Bertz CT molecular complexity index is 1430. The molecule has 0 fully saturated rings. The van der Waals surface area contributed by atoms with Crippen LogP contribution in [0.3, 0.4) is 0 Å². The summed E-state index contributed by atoms with van der Waals surface area (Å²) in [4.78, 5) is 46.1. The van der Waals surface area contributed by atoms with Crippen LogP contribution >= 0.6 is 44.9 Å². The van der Waals surface area contributed by atoms with Crippen LogP contribution < -0.4 is 40.8 Å². The maximum absolute atomic E-state index is 11.3. The predicted molar refractivity (Wildman–Crippen MR) is 196 cm³/mol. The molecule has 3 aromatic carbocycles. The summed E-state index contributed by atoms with van der Waals surface area (Å²) in [6.07, 6.45) is -0.662. The summed E-state index contributed by atoms with van der Waals surface area (Å²) in [5.74, 6) is 0.552. The van der Waals surface area contributed by atoms with Crippen molar-refractivity contribution in [3.63, 3.8) is 0 Å². The van der Waals surface area contributed by atoms with Gasteiger partial charge >= 0.3 is 143 Å². The summed E-state index contributed by atoms with van der Waals surface area (Å²) in [5.41, 5.74) is 1.82. The molecule has 0 radical (unpaired) electrons. The number of rotatable bonds is 18. The molecular formula is C32H38I3N3O9P-. The van der Waals surface area contributed by atoms with Crippen molar-refractivity contribution in [2.75, 3.05) is 61.5 Å². The number of hydrogen-bond acceptors (Lipinski definition) is 10. The number of esters is 1. The van der Waals surface area contributed by atoms with Gasteiger partial charge in [0.15, 0.2) is 0 Å². The first-order valence-electron chi connectivity index (χ1n) is 14.6. The van der Waals surface area contributed by atoms with Crippen molar-refractivity contribution in [2.45, 2.75) is 5.60 Å². The van der Waals surface area contributed by atoms with E-state index in [9.17, 15) is 19.2 Å². The van der Waals surface area contributed by atoms with Crippen LogP contribution in [0.4, 0.5) is 4.79 Å². The Labute approximate surface area is 319 Å². The molecule has 0 heterocycles. The van der Waals surface area contributed by atoms with Gasteiger partial charge in [0, 0.05) is 0 Å². The summed E-state index contributed by atoms with van der Waals surface area (Å²) < 4.78 is 33.7. The van der Waals surface area contributed by atoms with E-state index in [1.807, 2.05) is 78.9 Å². The topological polar surface area (TPSA) is 142 Å². The molecule has 0 spiro atoms. The van der Waals surface area contributed by atoms with Crippen LogP contribution in [0.1, 0.15) is 18.1 Å². The minimum Gasteiger partial charge on any atom is -0.497 e. The second-order valence-corrected chi connectivity index (χ2v) is 37.8. The number of aldehydes is 1.